The van der Waals surface area contributed by atoms with Crippen molar-refractivity contribution in [3.63, 3.8) is 0 Å². The molecule has 0 spiro atoms. The van der Waals surface area contributed by atoms with Crippen LogP contribution in [0.5, 0.6) is 5.75 Å². The summed E-state index contributed by atoms with van der Waals surface area (Å²) in [7, 11) is 1.66. The minimum absolute atomic E-state index is 0.151. The maximum atomic E-state index is 5.94. The number of fused-ring (bicyclic) bond motifs is 1. The summed E-state index contributed by atoms with van der Waals surface area (Å²) in [5, 5.41) is 10.4. The maximum absolute atomic E-state index is 5.94. The molecule has 3 aromatic rings. The molecule has 0 saturated carbocycles. The van der Waals surface area contributed by atoms with Crippen molar-refractivity contribution in [2.45, 2.75) is 13.0 Å². The zero-order valence-corrected chi connectivity index (χ0v) is 11.5. The number of aromatic nitrogens is 3. The van der Waals surface area contributed by atoms with Crippen LogP contribution < -0.4 is 10.5 Å². The summed E-state index contributed by atoms with van der Waals surface area (Å²) in [5.74, 6) is 1.62. The molecule has 1 aromatic carbocycles. The van der Waals surface area contributed by atoms with Gasteiger partial charge in [0.05, 0.1) is 18.8 Å². The van der Waals surface area contributed by atoms with Crippen LogP contribution in [0.4, 0.5) is 0 Å². The van der Waals surface area contributed by atoms with E-state index in [1.807, 2.05) is 35.6 Å². The molecule has 0 aliphatic carbocycles. The molecule has 0 bridgehead atoms. The highest BCUT2D eigenvalue weighted by molar-refractivity contribution is 7.15. The van der Waals surface area contributed by atoms with Gasteiger partial charge < -0.3 is 10.5 Å². The Labute approximate surface area is 114 Å². The second-order valence-corrected chi connectivity index (χ2v) is 5.15. The van der Waals surface area contributed by atoms with Gasteiger partial charge in [-0.05, 0) is 36.8 Å². The Hall–Kier alpha value is -1.92. The van der Waals surface area contributed by atoms with Crippen molar-refractivity contribution < 1.29 is 4.74 Å². The summed E-state index contributed by atoms with van der Waals surface area (Å²) >= 11 is 1.56. The molecular weight excluding hydrogens is 260 g/mol. The SMILES string of the molecule is COc1ccc(-c2csc3nnc(C(C)N)n23)cc1. The molecule has 3 rings (SSSR count). The standard InChI is InChI=1S/C13H14N4OS/c1-8(14)12-15-16-13-17(12)11(7-19-13)9-3-5-10(18-2)6-4-9/h3-8H,14H2,1-2H3. The fourth-order valence-electron chi connectivity index (χ4n) is 2.00. The predicted octanol–water partition coefficient (Wildman–Crippen LogP) is 2.49. The van der Waals surface area contributed by atoms with Crippen LogP contribution in [0.2, 0.25) is 0 Å². The van der Waals surface area contributed by atoms with Gasteiger partial charge in [0.15, 0.2) is 5.82 Å². The molecule has 1 unspecified atom stereocenters. The Morgan fingerprint density at radius 1 is 1.26 bits per heavy atom. The number of thiazole rings is 1. The molecular formula is C13H14N4OS. The van der Waals surface area contributed by atoms with E-state index in [1.165, 1.54) is 0 Å². The molecule has 98 valence electrons. The Morgan fingerprint density at radius 3 is 2.63 bits per heavy atom. The van der Waals surface area contributed by atoms with Gasteiger partial charge >= 0.3 is 0 Å². The monoisotopic (exact) mass is 274 g/mol. The van der Waals surface area contributed by atoms with E-state index in [9.17, 15) is 0 Å². The van der Waals surface area contributed by atoms with E-state index in [0.29, 0.717) is 0 Å². The fraction of sp³-hybridized carbons (Fsp3) is 0.231. The van der Waals surface area contributed by atoms with Crippen molar-refractivity contribution in [2.24, 2.45) is 5.73 Å². The lowest BCUT2D eigenvalue weighted by atomic mass is 10.1. The molecule has 5 nitrogen and oxygen atoms in total. The molecule has 2 heterocycles. The van der Waals surface area contributed by atoms with Crippen LogP contribution in [0.3, 0.4) is 0 Å². The molecule has 1 atom stereocenters. The summed E-state index contributed by atoms with van der Waals surface area (Å²) in [4.78, 5) is 0.859. The molecule has 0 aliphatic rings. The van der Waals surface area contributed by atoms with E-state index >= 15 is 0 Å². The van der Waals surface area contributed by atoms with Gasteiger partial charge in [-0.2, -0.15) is 0 Å². The first kappa shape index (κ1) is 12.1. The third kappa shape index (κ3) is 1.98. The number of hydrogen-bond donors (Lipinski definition) is 1. The van der Waals surface area contributed by atoms with E-state index in [-0.39, 0.29) is 6.04 Å². The number of ether oxygens (including phenoxy) is 1. The van der Waals surface area contributed by atoms with Gasteiger partial charge in [-0.15, -0.1) is 21.5 Å². The first-order chi connectivity index (χ1) is 9.20. The molecule has 0 amide bonds. The number of nitrogens with two attached hydrogens (primary N) is 1. The van der Waals surface area contributed by atoms with E-state index in [4.69, 9.17) is 10.5 Å². The fourth-order valence-corrected chi connectivity index (χ4v) is 2.84. The lowest BCUT2D eigenvalue weighted by molar-refractivity contribution is 0.415. The summed E-state index contributed by atoms with van der Waals surface area (Å²) in [6, 6.07) is 7.77. The van der Waals surface area contributed by atoms with E-state index < -0.39 is 0 Å². The first-order valence-electron chi connectivity index (χ1n) is 5.93. The zero-order valence-electron chi connectivity index (χ0n) is 10.7. The van der Waals surface area contributed by atoms with Gasteiger partial charge in [0.2, 0.25) is 4.96 Å². The topological polar surface area (TPSA) is 65.4 Å². The van der Waals surface area contributed by atoms with Crippen LogP contribution in [-0.2, 0) is 0 Å². The first-order valence-corrected chi connectivity index (χ1v) is 6.81. The van der Waals surface area contributed by atoms with Crippen molar-refractivity contribution in [1.82, 2.24) is 14.6 Å². The second-order valence-electron chi connectivity index (χ2n) is 4.31. The lowest BCUT2D eigenvalue weighted by Gasteiger charge is -2.06. The molecule has 19 heavy (non-hydrogen) atoms. The minimum atomic E-state index is -0.151. The lowest BCUT2D eigenvalue weighted by Crippen LogP contribution is -2.10. The van der Waals surface area contributed by atoms with E-state index in [2.05, 4.69) is 15.6 Å². The normalized spacial score (nSPS) is 12.8. The van der Waals surface area contributed by atoms with Crippen LogP contribution in [0.1, 0.15) is 18.8 Å². The highest BCUT2D eigenvalue weighted by Crippen LogP contribution is 2.28. The molecule has 0 radical (unpaired) electrons. The third-order valence-electron chi connectivity index (χ3n) is 2.97. The van der Waals surface area contributed by atoms with E-state index in [1.54, 1.807) is 18.4 Å². The smallest absolute Gasteiger partial charge is 0.216 e. The highest BCUT2D eigenvalue weighted by atomic mass is 32.1. The second kappa shape index (κ2) is 4.64. The van der Waals surface area contributed by atoms with Crippen LogP contribution in [0.15, 0.2) is 29.6 Å². The van der Waals surface area contributed by atoms with Crippen molar-refractivity contribution in [3.05, 3.63) is 35.5 Å². The summed E-state index contributed by atoms with van der Waals surface area (Å²) in [5.41, 5.74) is 8.08. The predicted molar refractivity (Wildman–Crippen MR) is 75.5 cm³/mol. The average Bonchev–Trinajstić information content (AvgIpc) is 2.99. The number of rotatable bonds is 3. The Balaban J connectivity index is 2.15. The van der Waals surface area contributed by atoms with Crippen LogP contribution in [-0.4, -0.2) is 21.7 Å². The highest BCUT2D eigenvalue weighted by Gasteiger charge is 2.15. The molecule has 0 saturated heterocycles. The number of methoxy groups -OCH3 is 1. The molecule has 0 fully saturated rings. The van der Waals surface area contributed by atoms with E-state index in [0.717, 1.165) is 27.8 Å². The number of nitrogens with zero attached hydrogens (tertiary/aromatic N) is 3. The zero-order chi connectivity index (χ0) is 13.4. The van der Waals surface area contributed by atoms with Gasteiger partial charge in [-0.25, -0.2) is 0 Å². The van der Waals surface area contributed by atoms with Gasteiger partial charge in [0.1, 0.15) is 5.75 Å². The molecule has 6 heteroatoms. The number of hydrogen-bond acceptors (Lipinski definition) is 5. The summed E-state index contributed by atoms with van der Waals surface area (Å²) in [6.07, 6.45) is 0. The molecule has 2 aromatic heterocycles. The molecule has 0 aliphatic heterocycles. The average molecular weight is 274 g/mol. The number of benzene rings is 1. The van der Waals surface area contributed by atoms with Crippen molar-refractivity contribution in [1.29, 1.82) is 0 Å². The van der Waals surface area contributed by atoms with Crippen LogP contribution in [0, 0.1) is 0 Å². The third-order valence-corrected chi connectivity index (χ3v) is 3.78. The summed E-state index contributed by atoms with van der Waals surface area (Å²) < 4.78 is 7.18. The van der Waals surface area contributed by atoms with Gasteiger partial charge in [0.25, 0.3) is 0 Å². The van der Waals surface area contributed by atoms with Gasteiger partial charge in [-0.3, -0.25) is 4.40 Å². The largest absolute Gasteiger partial charge is 0.497 e. The van der Waals surface area contributed by atoms with Crippen molar-refractivity contribution in [2.75, 3.05) is 7.11 Å². The van der Waals surface area contributed by atoms with Gasteiger partial charge in [0, 0.05) is 5.38 Å². The Morgan fingerprint density at radius 2 is 2.00 bits per heavy atom. The van der Waals surface area contributed by atoms with Crippen molar-refractivity contribution in [3.8, 4) is 17.0 Å². The summed E-state index contributed by atoms with van der Waals surface area (Å²) in [6.45, 7) is 1.91. The van der Waals surface area contributed by atoms with Crippen molar-refractivity contribution >= 4 is 16.3 Å². The quantitative estimate of drug-likeness (QED) is 0.797. The Bertz CT molecular complexity index is 699. The minimum Gasteiger partial charge on any atom is -0.497 e. The van der Waals surface area contributed by atoms with Crippen LogP contribution in [0.25, 0.3) is 16.2 Å². The van der Waals surface area contributed by atoms with Gasteiger partial charge in [-0.1, -0.05) is 0 Å². The van der Waals surface area contributed by atoms with Crippen LogP contribution >= 0.6 is 11.3 Å². The maximum Gasteiger partial charge on any atom is 0.216 e. The molecule has 2 N–H and O–H groups in total. The Kier molecular flexibility index (Phi) is 2.96.